The molecule has 0 aliphatic heterocycles. The van der Waals surface area contributed by atoms with Crippen LogP contribution in [0.4, 0.5) is 0 Å². The summed E-state index contributed by atoms with van der Waals surface area (Å²) in [5.74, 6) is -0.368. The summed E-state index contributed by atoms with van der Waals surface area (Å²) in [6.07, 6.45) is 0.772. The highest BCUT2D eigenvalue weighted by Crippen LogP contribution is 2.14. The van der Waals surface area contributed by atoms with Gasteiger partial charge in [-0.3, -0.25) is 4.79 Å². The zero-order valence-corrected chi connectivity index (χ0v) is 10.0. The molecule has 0 radical (unpaired) electrons. The summed E-state index contributed by atoms with van der Waals surface area (Å²) < 4.78 is 5.22. The molecule has 3 nitrogen and oxygen atoms in total. The Balaban J connectivity index is 2.94. The molecule has 0 heterocycles. The van der Waals surface area contributed by atoms with E-state index in [2.05, 4.69) is 0 Å². The van der Waals surface area contributed by atoms with Gasteiger partial charge in [0, 0.05) is 5.56 Å². The van der Waals surface area contributed by atoms with Crippen LogP contribution < -0.4 is 0 Å². The molecule has 1 aromatic rings. The van der Waals surface area contributed by atoms with Crippen molar-refractivity contribution in [2.45, 2.75) is 33.3 Å². The topological polar surface area (TPSA) is 43.4 Å². The third-order valence-electron chi connectivity index (χ3n) is 2.03. The summed E-state index contributed by atoms with van der Waals surface area (Å²) in [5.41, 5.74) is 1.33. The van der Waals surface area contributed by atoms with Crippen LogP contribution in [0.2, 0.25) is 0 Å². The van der Waals surface area contributed by atoms with Gasteiger partial charge in [0.15, 0.2) is 0 Å². The van der Waals surface area contributed by atoms with E-state index in [9.17, 15) is 9.59 Å². The van der Waals surface area contributed by atoms with E-state index in [4.69, 9.17) is 4.74 Å². The molecule has 0 N–H and O–H groups in total. The second kappa shape index (κ2) is 4.47. The van der Waals surface area contributed by atoms with E-state index >= 15 is 0 Å². The number of hydrogen-bond donors (Lipinski definition) is 0. The summed E-state index contributed by atoms with van der Waals surface area (Å²) in [4.78, 5) is 22.3. The maximum absolute atomic E-state index is 11.7. The van der Waals surface area contributed by atoms with E-state index in [1.165, 1.54) is 0 Å². The number of hydrogen-bond acceptors (Lipinski definition) is 3. The molecule has 0 amide bonds. The summed E-state index contributed by atoms with van der Waals surface area (Å²) in [5, 5.41) is 0. The largest absolute Gasteiger partial charge is 0.456 e. The van der Waals surface area contributed by atoms with Crippen molar-refractivity contribution in [3.05, 3.63) is 34.9 Å². The Labute approximate surface area is 95.4 Å². The number of carbonyl (C=O) groups excluding carboxylic acids is 2. The number of ether oxygens (including phenoxy) is 1. The summed E-state index contributed by atoms with van der Waals surface area (Å²) in [6, 6.07) is 4.89. The summed E-state index contributed by atoms with van der Waals surface area (Å²) in [6.45, 7) is 7.24. The van der Waals surface area contributed by atoms with Gasteiger partial charge in [-0.2, -0.15) is 0 Å². The van der Waals surface area contributed by atoms with Crippen molar-refractivity contribution in [2.75, 3.05) is 0 Å². The van der Waals surface area contributed by atoms with Crippen LogP contribution >= 0.6 is 0 Å². The van der Waals surface area contributed by atoms with Gasteiger partial charge >= 0.3 is 5.97 Å². The number of carbonyl (C=O) groups is 2. The van der Waals surface area contributed by atoms with Gasteiger partial charge in [-0.15, -0.1) is 0 Å². The predicted molar refractivity (Wildman–Crippen MR) is 61.7 cm³/mol. The molecule has 0 unspecified atom stereocenters. The standard InChI is InChI=1S/C13H16O3/c1-9-7-10(5-6-11(9)8-14)12(15)16-13(2,3)4/h5-8H,1-4H3. The molecular formula is C13H16O3. The third kappa shape index (κ3) is 3.19. The highest BCUT2D eigenvalue weighted by atomic mass is 16.6. The molecule has 0 aromatic heterocycles. The minimum Gasteiger partial charge on any atom is -0.456 e. The third-order valence-corrected chi connectivity index (χ3v) is 2.03. The Morgan fingerprint density at radius 3 is 2.38 bits per heavy atom. The highest BCUT2D eigenvalue weighted by Gasteiger charge is 2.18. The zero-order chi connectivity index (χ0) is 12.3. The quantitative estimate of drug-likeness (QED) is 0.568. The first-order valence-electron chi connectivity index (χ1n) is 5.12. The number of aryl methyl sites for hydroxylation is 1. The normalized spacial score (nSPS) is 11.0. The number of esters is 1. The molecule has 16 heavy (non-hydrogen) atoms. The van der Waals surface area contributed by atoms with Gasteiger partial charge in [-0.1, -0.05) is 6.07 Å². The molecule has 0 aliphatic rings. The van der Waals surface area contributed by atoms with E-state index in [1.54, 1.807) is 25.1 Å². The Morgan fingerprint density at radius 2 is 1.94 bits per heavy atom. The van der Waals surface area contributed by atoms with E-state index in [0.717, 1.165) is 11.8 Å². The van der Waals surface area contributed by atoms with Crippen molar-refractivity contribution in [2.24, 2.45) is 0 Å². The average molecular weight is 220 g/mol. The molecule has 0 saturated heterocycles. The van der Waals surface area contributed by atoms with Gasteiger partial charge in [0.05, 0.1) is 5.56 Å². The Hall–Kier alpha value is -1.64. The lowest BCUT2D eigenvalue weighted by molar-refractivity contribution is 0.00693. The minimum absolute atomic E-state index is 0.368. The molecule has 86 valence electrons. The molecular weight excluding hydrogens is 204 g/mol. The van der Waals surface area contributed by atoms with Crippen LogP contribution in [-0.2, 0) is 4.74 Å². The fourth-order valence-corrected chi connectivity index (χ4v) is 1.27. The lowest BCUT2D eigenvalue weighted by atomic mass is 10.1. The van der Waals surface area contributed by atoms with Crippen LogP contribution in [0.25, 0.3) is 0 Å². The maximum atomic E-state index is 11.7. The van der Waals surface area contributed by atoms with Crippen LogP contribution in [0.15, 0.2) is 18.2 Å². The first kappa shape index (κ1) is 12.4. The van der Waals surface area contributed by atoms with Crippen molar-refractivity contribution in [3.63, 3.8) is 0 Å². The van der Waals surface area contributed by atoms with E-state index in [-0.39, 0.29) is 5.97 Å². The van der Waals surface area contributed by atoms with E-state index < -0.39 is 5.60 Å². The highest BCUT2D eigenvalue weighted by molar-refractivity contribution is 5.91. The lowest BCUT2D eigenvalue weighted by Crippen LogP contribution is -2.23. The summed E-state index contributed by atoms with van der Waals surface area (Å²) in [7, 11) is 0. The van der Waals surface area contributed by atoms with Crippen molar-refractivity contribution in [3.8, 4) is 0 Å². The van der Waals surface area contributed by atoms with Crippen LogP contribution in [0.1, 0.15) is 47.1 Å². The SMILES string of the molecule is Cc1cc(C(=O)OC(C)(C)C)ccc1C=O. The van der Waals surface area contributed by atoms with Crippen LogP contribution in [0, 0.1) is 6.92 Å². The molecule has 0 bridgehead atoms. The smallest absolute Gasteiger partial charge is 0.338 e. The van der Waals surface area contributed by atoms with Crippen molar-refractivity contribution in [1.82, 2.24) is 0 Å². The first-order chi connectivity index (χ1) is 7.33. The molecule has 0 saturated carbocycles. The molecule has 0 aliphatic carbocycles. The van der Waals surface area contributed by atoms with Gasteiger partial charge in [0.2, 0.25) is 0 Å². The van der Waals surface area contributed by atoms with E-state index in [1.807, 2.05) is 20.8 Å². The van der Waals surface area contributed by atoms with Crippen LogP contribution in [0.3, 0.4) is 0 Å². The number of rotatable bonds is 2. The minimum atomic E-state index is -0.506. The van der Waals surface area contributed by atoms with Crippen LogP contribution in [0.5, 0.6) is 0 Å². The molecule has 0 fully saturated rings. The van der Waals surface area contributed by atoms with Gasteiger partial charge in [-0.25, -0.2) is 4.79 Å². The lowest BCUT2D eigenvalue weighted by Gasteiger charge is -2.19. The number of benzene rings is 1. The fraction of sp³-hybridized carbons (Fsp3) is 0.385. The second-order valence-electron chi connectivity index (χ2n) is 4.69. The Bertz CT molecular complexity index is 414. The first-order valence-corrected chi connectivity index (χ1v) is 5.12. The summed E-state index contributed by atoms with van der Waals surface area (Å²) >= 11 is 0. The Morgan fingerprint density at radius 1 is 1.31 bits per heavy atom. The molecule has 1 rings (SSSR count). The van der Waals surface area contributed by atoms with E-state index in [0.29, 0.717) is 11.1 Å². The van der Waals surface area contributed by atoms with Crippen molar-refractivity contribution in [1.29, 1.82) is 0 Å². The van der Waals surface area contributed by atoms with Gasteiger partial charge in [0.1, 0.15) is 11.9 Å². The van der Waals surface area contributed by atoms with Crippen molar-refractivity contribution < 1.29 is 14.3 Å². The van der Waals surface area contributed by atoms with Crippen molar-refractivity contribution >= 4 is 12.3 Å². The molecule has 1 aromatic carbocycles. The number of aldehydes is 1. The second-order valence-corrected chi connectivity index (χ2v) is 4.69. The fourth-order valence-electron chi connectivity index (χ4n) is 1.27. The predicted octanol–water partition coefficient (Wildman–Crippen LogP) is 2.76. The maximum Gasteiger partial charge on any atom is 0.338 e. The van der Waals surface area contributed by atoms with Gasteiger partial charge in [0.25, 0.3) is 0 Å². The molecule has 0 atom stereocenters. The Kier molecular flexibility index (Phi) is 3.48. The van der Waals surface area contributed by atoms with Crippen LogP contribution in [-0.4, -0.2) is 17.9 Å². The monoisotopic (exact) mass is 220 g/mol. The van der Waals surface area contributed by atoms with Gasteiger partial charge in [-0.05, 0) is 45.4 Å². The average Bonchev–Trinajstić information content (AvgIpc) is 2.15. The molecule has 3 heteroatoms. The van der Waals surface area contributed by atoms with Gasteiger partial charge < -0.3 is 4.74 Å². The molecule has 0 spiro atoms. The zero-order valence-electron chi connectivity index (χ0n) is 10.0.